The average Bonchev–Trinajstić information content (AvgIpc) is 3.10. The average molecular weight is 407 g/mol. The van der Waals surface area contributed by atoms with Crippen molar-refractivity contribution >= 4 is 39.4 Å². The third kappa shape index (κ3) is 3.63. The van der Waals surface area contributed by atoms with Crippen LogP contribution in [0, 0.1) is 0 Å². The molecule has 3 aromatic rings. The first kappa shape index (κ1) is 18.6. The van der Waals surface area contributed by atoms with Crippen LogP contribution in [0.25, 0.3) is 16.6 Å². The van der Waals surface area contributed by atoms with Gasteiger partial charge in [0, 0.05) is 54.6 Å². The number of anilines is 1. The molecule has 3 heterocycles. The zero-order chi connectivity index (χ0) is 19.8. The Kier molecular flexibility index (Phi) is 4.97. The summed E-state index contributed by atoms with van der Waals surface area (Å²) in [6.45, 7) is 6.37. The van der Waals surface area contributed by atoms with Gasteiger partial charge in [-0.15, -0.1) is 11.3 Å². The van der Waals surface area contributed by atoms with Gasteiger partial charge in [0.2, 0.25) is 0 Å². The van der Waals surface area contributed by atoms with Gasteiger partial charge in [0.1, 0.15) is 0 Å². The smallest absolute Gasteiger partial charge is 0.194 e. The summed E-state index contributed by atoms with van der Waals surface area (Å²) in [5.41, 5.74) is 5.21. The number of benzene rings is 1. The largest absolute Gasteiger partial charge is 0.370 e. The van der Waals surface area contributed by atoms with E-state index in [4.69, 9.17) is 4.98 Å². The van der Waals surface area contributed by atoms with Gasteiger partial charge < -0.3 is 10.2 Å². The number of aromatic nitrogens is 2. The maximum absolute atomic E-state index is 12.9. The van der Waals surface area contributed by atoms with Gasteiger partial charge >= 0.3 is 0 Å². The number of fused-ring (bicyclic) bond motifs is 2. The lowest BCUT2D eigenvalue weighted by Gasteiger charge is -2.23. The van der Waals surface area contributed by atoms with E-state index in [0.29, 0.717) is 6.42 Å². The topological polar surface area (TPSA) is 49.6 Å². The Bertz CT molecular complexity index is 1050. The van der Waals surface area contributed by atoms with E-state index in [2.05, 4.69) is 45.9 Å². The van der Waals surface area contributed by atoms with E-state index in [-0.39, 0.29) is 5.78 Å². The van der Waals surface area contributed by atoms with Gasteiger partial charge in [-0.3, -0.25) is 9.20 Å². The Balaban J connectivity index is 1.48. The van der Waals surface area contributed by atoms with E-state index in [1.807, 2.05) is 12.3 Å². The van der Waals surface area contributed by atoms with E-state index in [0.717, 1.165) is 67.2 Å². The third-order valence-electron chi connectivity index (χ3n) is 5.88. The molecule has 1 N–H and O–H groups in total. The summed E-state index contributed by atoms with van der Waals surface area (Å²) in [7, 11) is 0. The summed E-state index contributed by atoms with van der Waals surface area (Å²) in [6, 6.07) is 6.66. The molecule has 0 atom stereocenters. The van der Waals surface area contributed by atoms with Crippen LogP contribution in [0.1, 0.15) is 41.5 Å². The Labute approximate surface area is 175 Å². The molecule has 5 nitrogen and oxygen atoms in total. The Morgan fingerprint density at radius 3 is 2.97 bits per heavy atom. The summed E-state index contributed by atoms with van der Waals surface area (Å²) >= 11 is 1.70. The molecule has 0 radical (unpaired) electrons. The number of thiazole rings is 1. The van der Waals surface area contributed by atoms with Crippen molar-refractivity contribution in [3.63, 3.8) is 0 Å². The molecule has 2 aliphatic rings. The number of carbonyl (C=O) groups is 1. The highest BCUT2D eigenvalue weighted by atomic mass is 32.1. The van der Waals surface area contributed by atoms with Crippen LogP contribution in [0.3, 0.4) is 0 Å². The predicted molar refractivity (Wildman–Crippen MR) is 120 cm³/mol. The number of hydrogen-bond donors (Lipinski definition) is 1. The molecular weight excluding hydrogens is 380 g/mol. The van der Waals surface area contributed by atoms with E-state index >= 15 is 0 Å². The molecule has 0 amide bonds. The van der Waals surface area contributed by atoms with Crippen molar-refractivity contribution < 1.29 is 4.79 Å². The lowest BCUT2D eigenvalue weighted by Crippen LogP contribution is -2.27. The number of nitrogens with zero attached hydrogens (tertiary/aromatic N) is 3. The van der Waals surface area contributed by atoms with Gasteiger partial charge in [-0.25, -0.2) is 4.98 Å². The summed E-state index contributed by atoms with van der Waals surface area (Å²) in [6.07, 6.45) is 9.66. The Hall–Kier alpha value is -2.44. The molecule has 5 rings (SSSR count). The number of ketones is 1. The fourth-order valence-corrected chi connectivity index (χ4v) is 5.12. The highest BCUT2D eigenvalue weighted by Crippen LogP contribution is 2.31. The molecule has 29 heavy (non-hydrogen) atoms. The van der Waals surface area contributed by atoms with Crippen molar-refractivity contribution in [1.29, 1.82) is 0 Å². The fourth-order valence-electron chi connectivity index (χ4n) is 4.22. The SMILES string of the molecule is CCc1cn2cc(C3=Cc4ccc(N5CCCNCC5)cc4CCC3=O)nc2s1. The molecule has 2 aromatic heterocycles. The van der Waals surface area contributed by atoms with Gasteiger partial charge in [0.05, 0.1) is 5.69 Å². The van der Waals surface area contributed by atoms with Gasteiger partial charge in [-0.05, 0) is 55.1 Å². The van der Waals surface area contributed by atoms with Crippen molar-refractivity contribution in [1.82, 2.24) is 14.7 Å². The zero-order valence-electron chi connectivity index (χ0n) is 16.8. The van der Waals surface area contributed by atoms with Crippen LogP contribution < -0.4 is 10.2 Å². The maximum atomic E-state index is 12.9. The third-order valence-corrected chi connectivity index (χ3v) is 7.02. The summed E-state index contributed by atoms with van der Waals surface area (Å²) in [5.74, 6) is 0.184. The van der Waals surface area contributed by atoms with Gasteiger partial charge in [-0.2, -0.15) is 0 Å². The number of allylic oxidation sites excluding steroid dienone is 1. The van der Waals surface area contributed by atoms with Crippen LogP contribution in [-0.2, 0) is 17.6 Å². The Morgan fingerprint density at radius 1 is 1.17 bits per heavy atom. The molecule has 0 saturated carbocycles. The van der Waals surface area contributed by atoms with E-state index in [1.165, 1.54) is 16.1 Å². The minimum Gasteiger partial charge on any atom is -0.370 e. The summed E-state index contributed by atoms with van der Waals surface area (Å²) < 4.78 is 2.05. The normalized spacial score (nSPS) is 17.8. The van der Waals surface area contributed by atoms with Crippen LogP contribution in [0.5, 0.6) is 0 Å². The van der Waals surface area contributed by atoms with E-state index < -0.39 is 0 Å². The molecule has 1 aliphatic heterocycles. The highest BCUT2D eigenvalue weighted by Gasteiger charge is 2.21. The summed E-state index contributed by atoms with van der Waals surface area (Å²) in [5, 5.41) is 3.46. The first-order valence-corrected chi connectivity index (χ1v) is 11.3. The number of aryl methyl sites for hydroxylation is 2. The second kappa shape index (κ2) is 7.76. The van der Waals surface area contributed by atoms with Crippen molar-refractivity contribution in [3.05, 3.63) is 52.3 Å². The van der Waals surface area contributed by atoms with Crippen molar-refractivity contribution in [2.24, 2.45) is 0 Å². The predicted octanol–water partition coefficient (Wildman–Crippen LogP) is 3.81. The van der Waals surface area contributed by atoms with E-state index in [1.54, 1.807) is 11.3 Å². The first-order valence-electron chi connectivity index (χ1n) is 10.5. The quantitative estimate of drug-likeness (QED) is 0.719. The second-order valence-corrected chi connectivity index (χ2v) is 8.92. The van der Waals surface area contributed by atoms with Crippen molar-refractivity contribution in [2.45, 2.75) is 32.6 Å². The van der Waals surface area contributed by atoms with Crippen molar-refractivity contribution in [2.75, 3.05) is 31.1 Å². The molecule has 1 aromatic carbocycles. The van der Waals surface area contributed by atoms with Crippen LogP contribution >= 0.6 is 11.3 Å². The lowest BCUT2D eigenvalue weighted by molar-refractivity contribution is -0.113. The molecule has 1 fully saturated rings. The summed E-state index contributed by atoms with van der Waals surface area (Å²) in [4.78, 5) is 22.4. The minimum atomic E-state index is 0.184. The van der Waals surface area contributed by atoms with Gasteiger partial charge in [0.15, 0.2) is 10.7 Å². The molecule has 0 spiro atoms. The number of imidazole rings is 1. The zero-order valence-corrected chi connectivity index (χ0v) is 17.6. The molecule has 0 bridgehead atoms. The van der Waals surface area contributed by atoms with E-state index in [9.17, 15) is 4.79 Å². The molecule has 1 aliphatic carbocycles. The molecule has 0 unspecified atom stereocenters. The molecule has 6 heteroatoms. The fraction of sp³-hybridized carbons (Fsp3) is 0.391. The number of rotatable bonds is 3. The number of Topliss-reactive ketones (excluding diaryl/α,β-unsaturated/α-hetero) is 1. The van der Waals surface area contributed by atoms with Crippen LogP contribution in [0.4, 0.5) is 5.69 Å². The van der Waals surface area contributed by atoms with Crippen LogP contribution in [0.15, 0.2) is 30.6 Å². The molecule has 150 valence electrons. The highest BCUT2D eigenvalue weighted by molar-refractivity contribution is 7.17. The van der Waals surface area contributed by atoms with Crippen LogP contribution in [0.2, 0.25) is 0 Å². The second-order valence-electron chi connectivity index (χ2n) is 7.82. The van der Waals surface area contributed by atoms with Gasteiger partial charge in [0.25, 0.3) is 0 Å². The first-order chi connectivity index (χ1) is 14.2. The standard InChI is InChI=1S/C23H26N4OS/c1-2-19-14-27-15-21(25-23(27)29-19)20-13-17-4-6-18(12-16(17)5-7-22(20)28)26-10-3-8-24-9-11-26/h4,6,12-15,24H,2-3,5,7-11H2,1H3. The Morgan fingerprint density at radius 2 is 2.10 bits per heavy atom. The van der Waals surface area contributed by atoms with Crippen molar-refractivity contribution in [3.8, 4) is 0 Å². The van der Waals surface area contributed by atoms with Crippen LogP contribution in [-0.4, -0.2) is 41.3 Å². The number of nitrogens with one attached hydrogen (secondary N) is 1. The monoisotopic (exact) mass is 406 g/mol. The molecule has 1 saturated heterocycles. The number of carbonyl (C=O) groups excluding carboxylic acids is 1. The minimum absolute atomic E-state index is 0.184. The maximum Gasteiger partial charge on any atom is 0.194 e. The van der Waals surface area contributed by atoms with Gasteiger partial charge in [-0.1, -0.05) is 13.0 Å². The lowest BCUT2D eigenvalue weighted by atomic mass is 10.0. The molecular formula is C23H26N4OS. The number of hydrogen-bond acceptors (Lipinski definition) is 5.